The van der Waals surface area contributed by atoms with Crippen molar-refractivity contribution >= 4 is 23.4 Å². The summed E-state index contributed by atoms with van der Waals surface area (Å²) in [4.78, 5) is 17.1. The van der Waals surface area contributed by atoms with Crippen molar-refractivity contribution < 1.29 is 13.7 Å². The topological polar surface area (TPSA) is 105 Å². The van der Waals surface area contributed by atoms with Crippen molar-refractivity contribution in [3.05, 3.63) is 83.4 Å². The summed E-state index contributed by atoms with van der Waals surface area (Å²) in [7, 11) is 0. The van der Waals surface area contributed by atoms with E-state index < -0.39 is 0 Å². The molecule has 1 amide bonds. The summed E-state index contributed by atoms with van der Waals surface area (Å²) in [5.74, 6) is 1.28. The summed E-state index contributed by atoms with van der Waals surface area (Å²) >= 11 is 1.36. The van der Waals surface area contributed by atoms with Crippen LogP contribution in [0.5, 0.6) is 0 Å². The molecule has 0 saturated heterocycles. The number of nitriles is 1. The highest BCUT2D eigenvalue weighted by molar-refractivity contribution is 7.98. The van der Waals surface area contributed by atoms with Gasteiger partial charge in [0.2, 0.25) is 5.76 Å². The molecule has 0 fully saturated rings. The van der Waals surface area contributed by atoms with Gasteiger partial charge in [-0.05, 0) is 37.3 Å². The smallest absolute Gasteiger partial charge is 0.257 e. The van der Waals surface area contributed by atoms with E-state index in [1.807, 2.05) is 18.2 Å². The number of carbonyl (C=O) groups excluding carboxylic acids is 1. The molecule has 30 heavy (non-hydrogen) atoms. The van der Waals surface area contributed by atoms with Gasteiger partial charge in [0, 0.05) is 17.5 Å². The van der Waals surface area contributed by atoms with E-state index >= 15 is 0 Å². The fourth-order valence-electron chi connectivity index (χ4n) is 2.78. The van der Waals surface area contributed by atoms with E-state index in [0.29, 0.717) is 50.5 Å². The van der Waals surface area contributed by atoms with Gasteiger partial charge in [0.1, 0.15) is 11.1 Å². The van der Waals surface area contributed by atoms with Gasteiger partial charge in [-0.2, -0.15) is 5.26 Å². The zero-order valence-electron chi connectivity index (χ0n) is 16.0. The molecule has 4 rings (SSSR count). The number of nitrogens with zero attached hydrogens (tertiary/aromatic N) is 3. The highest BCUT2D eigenvalue weighted by atomic mass is 32.2. The molecule has 3 aromatic heterocycles. The quantitative estimate of drug-likeness (QED) is 0.438. The number of benzene rings is 1. The number of hydrogen-bond donors (Lipinski definition) is 1. The third-order valence-corrected chi connectivity index (χ3v) is 5.28. The van der Waals surface area contributed by atoms with Gasteiger partial charge in [0.05, 0.1) is 28.8 Å². The van der Waals surface area contributed by atoms with E-state index in [2.05, 4.69) is 21.5 Å². The average Bonchev–Trinajstić information content (AvgIpc) is 3.45. The molecule has 0 unspecified atom stereocenters. The Hall–Kier alpha value is -3.83. The lowest BCUT2D eigenvalue weighted by Gasteiger charge is -2.10. The van der Waals surface area contributed by atoms with E-state index in [4.69, 9.17) is 8.94 Å². The van der Waals surface area contributed by atoms with Crippen LogP contribution >= 0.6 is 11.8 Å². The van der Waals surface area contributed by atoms with Crippen molar-refractivity contribution in [1.82, 2.24) is 10.1 Å². The van der Waals surface area contributed by atoms with E-state index in [1.165, 1.54) is 11.8 Å². The highest BCUT2D eigenvalue weighted by Crippen LogP contribution is 2.28. The Kier molecular flexibility index (Phi) is 5.63. The highest BCUT2D eigenvalue weighted by Gasteiger charge is 2.17. The fourth-order valence-corrected chi connectivity index (χ4v) is 3.66. The SMILES string of the molecule is Cc1nc(SCc2cc(-c3ccco3)on2)c(C#N)cc1C(=O)Nc1ccccc1. The Morgan fingerprint density at radius 1 is 1.17 bits per heavy atom. The Balaban J connectivity index is 1.50. The molecule has 0 aliphatic rings. The van der Waals surface area contributed by atoms with Crippen LogP contribution in [0, 0.1) is 18.3 Å². The Morgan fingerprint density at radius 3 is 2.73 bits per heavy atom. The molecule has 0 radical (unpaired) electrons. The molecule has 0 spiro atoms. The first-order valence-corrected chi connectivity index (χ1v) is 10.0. The molecule has 0 aliphatic heterocycles. The second kappa shape index (κ2) is 8.68. The third-order valence-electron chi connectivity index (χ3n) is 4.25. The van der Waals surface area contributed by atoms with E-state index in [9.17, 15) is 10.1 Å². The lowest BCUT2D eigenvalue weighted by molar-refractivity contribution is 0.102. The van der Waals surface area contributed by atoms with E-state index in [-0.39, 0.29) is 5.91 Å². The largest absolute Gasteiger partial charge is 0.461 e. The van der Waals surface area contributed by atoms with Crippen molar-refractivity contribution in [2.24, 2.45) is 0 Å². The molecule has 4 aromatic rings. The van der Waals surface area contributed by atoms with Crippen LogP contribution in [0.3, 0.4) is 0 Å². The number of aromatic nitrogens is 2. The zero-order chi connectivity index (χ0) is 20.9. The molecular formula is C22H16N4O3S. The van der Waals surface area contributed by atoms with Crippen LogP contribution in [0.25, 0.3) is 11.5 Å². The number of anilines is 1. The van der Waals surface area contributed by atoms with E-state index in [1.54, 1.807) is 49.6 Å². The molecule has 0 bridgehead atoms. The van der Waals surface area contributed by atoms with Gasteiger partial charge >= 0.3 is 0 Å². The minimum absolute atomic E-state index is 0.307. The summed E-state index contributed by atoms with van der Waals surface area (Å²) in [5, 5.41) is 16.9. The number of pyridine rings is 1. The molecule has 7 nitrogen and oxygen atoms in total. The molecule has 0 saturated carbocycles. The van der Waals surface area contributed by atoms with Gasteiger partial charge in [-0.3, -0.25) is 4.79 Å². The van der Waals surface area contributed by atoms with Crippen LogP contribution in [0.1, 0.15) is 27.3 Å². The molecular weight excluding hydrogens is 400 g/mol. The lowest BCUT2D eigenvalue weighted by Crippen LogP contribution is -2.15. The Bertz CT molecular complexity index is 1210. The van der Waals surface area contributed by atoms with Crippen LogP contribution in [0.4, 0.5) is 5.69 Å². The number of aryl methyl sites for hydroxylation is 1. The normalized spacial score (nSPS) is 10.5. The fraction of sp³-hybridized carbons (Fsp3) is 0.0909. The van der Waals surface area contributed by atoms with Crippen LogP contribution < -0.4 is 5.32 Å². The number of nitrogens with one attached hydrogen (secondary N) is 1. The maximum atomic E-state index is 12.6. The Labute approximate surface area is 176 Å². The van der Waals surface area contributed by atoms with Gasteiger partial charge in [-0.15, -0.1) is 0 Å². The van der Waals surface area contributed by atoms with Crippen LogP contribution in [0.15, 0.2) is 74.8 Å². The summed E-state index contributed by atoms with van der Waals surface area (Å²) in [6, 6.07) is 18.2. The number of para-hydroxylation sites is 1. The van der Waals surface area contributed by atoms with Crippen LogP contribution in [-0.4, -0.2) is 16.0 Å². The number of carbonyl (C=O) groups is 1. The molecule has 8 heteroatoms. The van der Waals surface area contributed by atoms with Gasteiger partial charge in [-0.1, -0.05) is 35.1 Å². The number of furan rings is 1. The lowest BCUT2D eigenvalue weighted by atomic mass is 10.1. The van der Waals surface area contributed by atoms with Gasteiger partial charge in [0.15, 0.2) is 5.76 Å². The molecule has 1 N–H and O–H groups in total. The maximum absolute atomic E-state index is 12.6. The number of amides is 1. The monoisotopic (exact) mass is 416 g/mol. The van der Waals surface area contributed by atoms with Crippen molar-refractivity contribution in [2.75, 3.05) is 5.32 Å². The summed E-state index contributed by atoms with van der Waals surface area (Å²) in [6.45, 7) is 1.75. The van der Waals surface area contributed by atoms with Crippen molar-refractivity contribution in [3.63, 3.8) is 0 Å². The summed E-state index contributed by atoms with van der Waals surface area (Å²) in [5.41, 5.74) is 2.61. The van der Waals surface area contributed by atoms with Crippen molar-refractivity contribution in [1.29, 1.82) is 5.26 Å². The van der Waals surface area contributed by atoms with Crippen molar-refractivity contribution in [3.8, 4) is 17.6 Å². The Morgan fingerprint density at radius 2 is 2.00 bits per heavy atom. The second-order valence-corrected chi connectivity index (χ2v) is 7.32. The predicted molar refractivity (Wildman–Crippen MR) is 112 cm³/mol. The first-order valence-electron chi connectivity index (χ1n) is 9.04. The summed E-state index contributed by atoms with van der Waals surface area (Å²) in [6.07, 6.45) is 1.56. The minimum atomic E-state index is -0.307. The summed E-state index contributed by atoms with van der Waals surface area (Å²) < 4.78 is 10.6. The van der Waals surface area contributed by atoms with Crippen molar-refractivity contribution in [2.45, 2.75) is 17.7 Å². The molecule has 3 heterocycles. The van der Waals surface area contributed by atoms with Gasteiger partial charge in [0.25, 0.3) is 5.91 Å². The number of rotatable bonds is 6. The van der Waals surface area contributed by atoms with Crippen LogP contribution in [-0.2, 0) is 5.75 Å². The standard InChI is InChI=1S/C22H16N4O3S/c1-14-18(21(27)25-16-6-3-2-4-7-16)10-15(12-23)22(24-14)30-13-17-11-20(29-26-17)19-8-5-9-28-19/h2-11H,13H2,1H3,(H,25,27). The first-order chi connectivity index (χ1) is 14.6. The minimum Gasteiger partial charge on any atom is -0.461 e. The van der Waals surface area contributed by atoms with Gasteiger partial charge in [-0.25, -0.2) is 4.98 Å². The number of hydrogen-bond acceptors (Lipinski definition) is 7. The molecule has 0 aliphatic carbocycles. The first kappa shape index (κ1) is 19.5. The molecule has 0 atom stereocenters. The maximum Gasteiger partial charge on any atom is 0.257 e. The van der Waals surface area contributed by atoms with Gasteiger partial charge < -0.3 is 14.3 Å². The predicted octanol–water partition coefficient (Wildman–Crippen LogP) is 5.05. The van der Waals surface area contributed by atoms with E-state index in [0.717, 1.165) is 0 Å². The zero-order valence-corrected chi connectivity index (χ0v) is 16.8. The average molecular weight is 416 g/mol. The second-order valence-electron chi connectivity index (χ2n) is 6.35. The molecule has 148 valence electrons. The molecule has 1 aromatic carbocycles. The number of thioether (sulfide) groups is 1. The van der Waals surface area contributed by atoms with Crippen LogP contribution in [0.2, 0.25) is 0 Å². The third kappa shape index (κ3) is 4.26.